The van der Waals surface area contributed by atoms with Gasteiger partial charge < -0.3 is 0 Å². The molecular formula is C16H20F2N4O2S. The van der Waals surface area contributed by atoms with Gasteiger partial charge in [-0.1, -0.05) is 30.3 Å². The minimum absolute atomic E-state index is 0.0898. The molecule has 0 spiro atoms. The van der Waals surface area contributed by atoms with Crippen LogP contribution in [0.4, 0.5) is 8.78 Å². The molecule has 0 aliphatic carbocycles. The quantitative estimate of drug-likeness (QED) is 0.809. The Labute approximate surface area is 145 Å². The fraction of sp³-hybridized carbons (Fsp3) is 0.438. The maximum atomic E-state index is 12.7. The average Bonchev–Trinajstić information content (AvgIpc) is 2.99. The number of piperazine rings is 1. The molecule has 1 aliphatic heterocycles. The molecule has 0 unspecified atom stereocenters. The summed E-state index contributed by atoms with van der Waals surface area (Å²) in [6.45, 7) is 1.18. The zero-order chi connectivity index (χ0) is 18.0. The number of nitrogens with zero attached hydrogens (tertiary/aromatic N) is 4. The van der Waals surface area contributed by atoms with Crippen molar-refractivity contribution in [3.63, 3.8) is 0 Å². The van der Waals surface area contributed by atoms with E-state index in [-0.39, 0.29) is 10.6 Å². The Morgan fingerprint density at radius 3 is 2.32 bits per heavy atom. The Morgan fingerprint density at radius 2 is 1.76 bits per heavy atom. The van der Waals surface area contributed by atoms with Gasteiger partial charge in [-0.15, -0.1) is 0 Å². The largest absolute Gasteiger partial charge is 0.333 e. The lowest BCUT2D eigenvalue weighted by molar-refractivity contribution is 0.0561. The molecule has 3 rings (SSSR count). The van der Waals surface area contributed by atoms with Crippen molar-refractivity contribution in [1.82, 2.24) is 19.0 Å². The fourth-order valence-corrected chi connectivity index (χ4v) is 4.50. The number of hydrogen-bond acceptors (Lipinski definition) is 4. The van der Waals surface area contributed by atoms with E-state index in [9.17, 15) is 17.2 Å². The number of hydrogen-bond donors (Lipinski definition) is 0. The van der Waals surface area contributed by atoms with Crippen molar-refractivity contribution in [3.05, 3.63) is 47.8 Å². The molecule has 1 fully saturated rings. The van der Waals surface area contributed by atoms with Gasteiger partial charge in [0.05, 0.1) is 11.9 Å². The summed E-state index contributed by atoms with van der Waals surface area (Å²) in [4.78, 5) is 2.03. The van der Waals surface area contributed by atoms with Crippen molar-refractivity contribution in [2.75, 3.05) is 26.2 Å². The van der Waals surface area contributed by atoms with Crippen molar-refractivity contribution < 1.29 is 17.2 Å². The molecule has 2 aromatic rings. The maximum Gasteiger partial charge on any atom is 0.333 e. The molecule has 0 bridgehead atoms. The summed E-state index contributed by atoms with van der Waals surface area (Å²) in [5, 5.41) is 3.59. The van der Waals surface area contributed by atoms with Crippen molar-refractivity contribution in [2.24, 2.45) is 0 Å². The van der Waals surface area contributed by atoms with Crippen molar-refractivity contribution in [2.45, 2.75) is 24.9 Å². The van der Waals surface area contributed by atoms with Gasteiger partial charge in [-0.3, -0.25) is 4.90 Å². The number of aromatic nitrogens is 2. The molecule has 9 heteroatoms. The van der Waals surface area contributed by atoms with Gasteiger partial charge in [0, 0.05) is 32.7 Å². The lowest BCUT2D eigenvalue weighted by Gasteiger charge is -2.33. The Kier molecular flexibility index (Phi) is 5.16. The van der Waals surface area contributed by atoms with Crippen LogP contribution in [0.5, 0.6) is 0 Å². The van der Waals surface area contributed by atoms with Gasteiger partial charge in [0.15, 0.2) is 0 Å². The first-order valence-corrected chi connectivity index (χ1v) is 9.42. The number of rotatable bonds is 5. The van der Waals surface area contributed by atoms with Gasteiger partial charge in [0.1, 0.15) is 4.90 Å². The highest BCUT2D eigenvalue weighted by Crippen LogP contribution is 2.23. The topological polar surface area (TPSA) is 58.4 Å². The van der Waals surface area contributed by atoms with E-state index in [2.05, 4.69) is 10.00 Å². The van der Waals surface area contributed by atoms with Crippen LogP contribution in [0, 0.1) is 6.92 Å². The summed E-state index contributed by atoms with van der Waals surface area (Å²) in [7, 11) is -3.81. The summed E-state index contributed by atoms with van der Waals surface area (Å²) in [6, 6.07) is 9.96. The van der Waals surface area contributed by atoms with E-state index in [0.717, 1.165) is 12.7 Å². The minimum Gasteiger partial charge on any atom is -0.296 e. The normalized spacial score (nSPS) is 17.3. The zero-order valence-electron chi connectivity index (χ0n) is 13.8. The Bertz CT molecular complexity index is 816. The van der Waals surface area contributed by atoms with Crippen LogP contribution < -0.4 is 0 Å². The number of halogens is 2. The predicted octanol–water partition coefficient (Wildman–Crippen LogP) is 2.09. The monoisotopic (exact) mass is 370 g/mol. The standard InChI is InChI=1S/C16H20F2N4O2S/c1-13-15(12-22(19-13)16(17)18)25(23,24)21-9-7-20(8-10-21)11-14-5-3-2-4-6-14/h2-6,12,16H,7-11H2,1H3. The van der Waals surface area contributed by atoms with Gasteiger partial charge in [-0.2, -0.15) is 18.2 Å². The van der Waals surface area contributed by atoms with E-state index in [1.807, 2.05) is 30.3 Å². The van der Waals surface area contributed by atoms with Gasteiger partial charge in [-0.05, 0) is 12.5 Å². The van der Waals surface area contributed by atoms with Crippen LogP contribution in [-0.4, -0.2) is 53.6 Å². The molecule has 1 aliphatic rings. The zero-order valence-corrected chi connectivity index (χ0v) is 14.7. The van der Waals surface area contributed by atoms with E-state index >= 15 is 0 Å². The van der Waals surface area contributed by atoms with Crippen molar-refractivity contribution in [1.29, 1.82) is 0 Å². The Hall–Kier alpha value is -1.84. The average molecular weight is 370 g/mol. The third kappa shape index (κ3) is 3.88. The molecule has 0 N–H and O–H groups in total. The highest BCUT2D eigenvalue weighted by atomic mass is 32.2. The van der Waals surface area contributed by atoms with E-state index in [4.69, 9.17) is 0 Å². The third-order valence-corrected chi connectivity index (χ3v) is 6.27. The summed E-state index contributed by atoms with van der Waals surface area (Å²) in [5.41, 5.74) is 1.26. The Balaban J connectivity index is 1.67. The van der Waals surface area contributed by atoms with E-state index in [0.29, 0.717) is 30.9 Å². The third-order valence-electron chi connectivity index (χ3n) is 4.27. The van der Waals surface area contributed by atoms with Crippen LogP contribution >= 0.6 is 0 Å². The second kappa shape index (κ2) is 7.19. The van der Waals surface area contributed by atoms with Crippen molar-refractivity contribution >= 4 is 10.0 Å². The van der Waals surface area contributed by atoms with Crippen LogP contribution in [0.25, 0.3) is 0 Å². The number of alkyl halides is 2. The van der Waals surface area contributed by atoms with Gasteiger partial charge in [0.2, 0.25) is 10.0 Å². The first-order valence-electron chi connectivity index (χ1n) is 7.98. The van der Waals surface area contributed by atoms with Gasteiger partial charge in [-0.25, -0.2) is 13.1 Å². The second-order valence-corrected chi connectivity index (χ2v) is 7.91. The molecular weight excluding hydrogens is 350 g/mol. The fourth-order valence-electron chi connectivity index (χ4n) is 2.93. The number of benzene rings is 1. The van der Waals surface area contributed by atoms with Crippen LogP contribution in [0.3, 0.4) is 0 Å². The minimum atomic E-state index is -3.81. The van der Waals surface area contributed by atoms with Gasteiger partial charge >= 0.3 is 6.55 Å². The highest BCUT2D eigenvalue weighted by Gasteiger charge is 2.31. The molecule has 0 amide bonds. The molecule has 6 nitrogen and oxygen atoms in total. The van der Waals surface area contributed by atoms with Crippen LogP contribution in [-0.2, 0) is 16.6 Å². The van der Waals surface area contributed by atoms with E-state index < -0.39 is 16.6 Å². The summed E-state index contributed by atoms with van der Waals surface area (Å²) in [5.74, 6) is 0. The van der Waals surface area contributed by atoms with E-state index in [1.165, 1.54) is 16.8 Å². The molecule has 0 radical (unpaired) electrons. The van der Waals surface area contributed by atoms with Crippen LogP contribution in [0.2, 0.25) is 0 Å². The summed E-state index contributed by atoms with van der Waals surface area (Å²) >= 11 is 0. The molecule has 0 atom stereocenters. The predicted molar refractivity (Wildman–Crippen MR) is 88.7 cm³/mol. The molecule has 25 heavy (non-hydrogen) atoms. The molecule has 136 valence electrons. The first-order chi connectivity index (χ1) is 11.9. The Morgan fingerprint density at radius 1 is 1.12 bits per heavy atom. The summed E-state index contributed by atoms with van der Waals surface area (Å²) in [6.07, 6.45) is 0.908. The molecule has 0 saturated carbocycles. The number of sulfonamides is 1. The van der Waals surface area contributed by atoms with Gasteiger partial charge in [0.25, 0.3) is 0 Å². The second-order valence-electron chi connectivity index (χ2n) is 6.00. The smallest absolute Gasteiger partial charge is 0.296 e. The van der Waals surface area contributed by atoms with Crippen molar-refractivity contribution in [3.8, 4) is 0 Å². The molecule has 1 saturated heterocycles. The SMILES string of the molecule is Cc1nn(C(F)F)cc1S(=O)(=O)N1CCN(Cc2ccccc2)CC1. The lowest BCUT2D eigenvalue weighted by Crippen LogP contribution is -2.48. The first kappa shape index (κ1) is 18.0. The van der Waals surface area contributed by atoms with Crippen LogP contribution in [0.1, 0.15) is 17.8 Å². The lowest BCUT2D eigenvalue weighted by atomic mass is 10.2. The molecule has 1 aromatic heterocycles. The van der Waals surface area contributed by atoms with E-state index in [1.54, 1.807) is 0 Å². The molecule has 2 heterocycles. The highest BCUT2D eigenvalue weighted by molar-refractivity contribution is 7.89. The number of aryl methyl sites for hydroxylation is 1. The van der Waals surface area contributed by atoms with Crippen LogP contribution in [0.15, 0.2) is 41.4 Å². The maximum absolute atomic E-state index is 12.7. The molecule has 1 aromatic carbocycles. The summed E-state index contributed by atoms with van der Waals surface area (Å²) < 4.78 is 52.6.